The van der Waals surface area contributed by atoms with Crippen LogP contribution in [-0.4, -0.2) is 34.3 Å². The Morgan fingerprint density at radius 3 is 2.68 bits per heavy atom. The van der Waals surface area contributed by atoms with Crippen LogP contribution in [0.25, 0.3) is 0 Å². The Hall–Kier alpha value is -2.15. The summed E-state index contributed by atoms with van der Waals surface area (Å²) in [6, 6.07) is 8.02. The van der Waals surface area contributed by atoms with Crippen molar-refractivity contribution in [2.45, 2.75) is 57.2 Å². The molecular formula is C18H21NO3. The van der Waals surface area contributed by atoms with Gasteiger partial charge in [-0.25, -0.2) is 4.79 Å². The predicted octanol–water partition coefficient (Wildman–Crippen LogP) is 3.50. The van der Waals surface area contributed by atoms with E-state index in [4.69, 9.17) is 4.74 Å². The Morgan fingerprint density at radius 1 is 1.32 bits per heavy atom. The zero-order valence-corrected chi connectivity index (χ0v) is 12.8. The minimum absolute atomic E-state index is 0.0933. The van der Waals surface area contributed by atoms with E-state index in [0.717, 1.165) is 43.4 Å². The molecule has 4 nitrogen and oxygen atoms in total. The summed E-state index contributed by atoms with van der Waals surface area (Å²) in [4.78, 5) is 13.1. The molecule has 2 aliphatic rings. The fourth-order valence-corrected chi connectivity index (χ4v) is 3.72. The van der Waals surface area contributed by atoms with E-state index in [2.05, 4.69) is 11.8 Å². The number of rotatable bonds is 2. The Labute approximate surface area is 131 Å². The lowest BCUT2D eigenvalue weighted by Crippen LogP contribution is -2.56. The molecule has 1 aromatic rings. The summed E-state index contributed by atoms with van der Waals surface area (Å²) in [6.45, 7) is 1.82. The second-order valence-electron chi connectivity index (χ2n) is 6.04. The van der Waals surface area contributed by atoms with Crippen molar-refractivity contribution in [3.05, 3.63) is 29.8 Å². The molecule has 1 amide bonds. The first kappa shape index (κ1) is 14.8. The summed E-state index contributed by atoms with van der Waals surface area (Å²) in [5, 5.41) is 9.39. The molecule has 116 valence electrons. The fourth-order valence-electron chi connectivity index (χ4n) is 3.72. The number of carboxylic acid groups (broad SMARTS) is 1. The van der Waals surface area contributed by atoms with Crippen LogP contribution in [0.4, 0.5) is 4.79 Å². The van der Waals surface area contributed by atoms with Gasteiger partial charge in [0.05, 0.1) is 0 Å². The highest BCUT2D eigenvalue weighted by atomic mass is 16.5. The average Bonchev–Trinajstić information content (AvgIpc) is 2.47. The smallest absolute Gasteiger partial charge is 0.407 e. The third-order valence-electron chi connectivity index (χ3n) is 4.56. The minimum atomic E-state index is -0.784. The second-order valence-corrected chi connectivity index (χ2v) is 6.04. The van der Waals surface area contributed by atoms with Gasteiger partial charge >= 0.3 is 6.09 Å². The Balaban J connectivity index is 1.71. The van der Waals surface area contributed by atoms with E-state index in [1.165, 1.54) is 0 Å². The predicted molar refractivity (Wildman–Crippen MR) is 83.9 cm³/mol. The third kappa shape index (κ3) is 3.04. The molecule has 2 bridgehead atoms. The zero-order chi connectivity index (χ0) is 15.5. The molecule has 0 aliphatic carbocycles. The highest BCUT2D eigenvalue weighted by Gasteiger charge is 2.41. The van der Waals surface area contributed by atoms with Gasteiger partial charge in [-0.1, -0.05) is 12.0 Å². The number of carbonyl (C=O) groups is 1. The van der Waals surface area contributed by atoms with Crippen molar-refractivity contribution in [2.75, 3.05) is 0 Å². The molecule has 2 heterocycles. The van der Waals surface area contributed by atoms with Gasteiger partial charge in [0.2, 0.25) is 0 Å². The van der Waals surface area contributed by atoms with Gasteiger partial charge in [-0.05, 0) is 44.4 Å². The molecule has 2 unspecified atom stereocenters. The van der Waals surface area contributed by atoms with Crippen molar-refractivity contribution in [3.8, 4) is 17.6 Å². The number of nitrogens with zero attached hydrogens (tertiary/aromatic N) is 1. The van der Waals surface area contributed by atoms with Gasteiger partial charge in [0.25, 0.3) is 0 Å². The van der Waals surface area contributed by atoms with Crippen molar-refractivity contribution in [3.63, 3.8) is 0 Å². The Bertz CT molecular complexity index is 602. The van der Waals surface area contributed by atoms with Crippen LogP contribution in [0.2, 0.25) is 0 Å². The fraction of sp³-hybridized carbons (Fsp3) is 0.500. The summed E-state index contributed by atoms with van der Waals surface area (Å²) in [5.74, 6) is 6.75. The highest BCUT2D eigenvalue weighted by molar-refractivity contribution is 5.66. The molecule has 1 aromatic carbocycles. The summed E-state index contributed by atoms with van der Waals surface area (Å²) in [6.07, 6.45) is 3.89. The number of fused-ring (bicyclic) bond motifs is 2. The zero-order valence-electron chi connectivity index (χ0n) is 12.8. The van der Waals surface area contributed by atoms with Crippen molar-refractivity contribution >= 4 is 6.09 Å². The van der Waals surface area contributed by atoms with Gasteiger partial charge in [0.1, 0.15) is 11.9 Å². The summed E-state index contributed by atoms with van der Waals surface area (Å²) in [7, 11) is 0. The number of hydrogen-bond acceptors (Lipinski definition) is 2. The van der Waals surface area contributed by atoms with Gasteiger partial charge in [-0.3, -0.25) is 0 Å². The van der Waals surface area contributed by atoms with Gasteiger partial charge < -0.3 is 14.7 Å². The molecule has 4 heteroatoms. The number of ether oxygens (including phenoxy) is 1. The lowest BCUT2D eigenvalue weighted by molar-refractivity contribution is -0.00592. The van der Waals surface area contributed by atoms with Crippen LogP contribution < -0.4 is 4.74 Å². The molecule has 0 spiro atoms. The van der Waals surface area contributed by atoms with Crippen molar-refractivity contribution in [2.24, 2.45) is 0 Å². The van der Waals surface area contributed by atoms with Gasteiger partial charge in [0.15, 0.2) is 0 Å². The quantitative estimate of drug-likeness (QED) is 0.850. The minimum Gasteiger partial charge on any atom is -0.490 e. The first-order valence-corrected chi connectivity index (χ1v) is 7.88. The molecule has 2 saturated heterocycles. The molecule has 1 N–H and O–H groups in total. The van der Waals surface area contributed by atoms with Gasteiger partial charge in [-0.15, -0.1) is 5.92 Å². The van der Waals surface area contributed by atoms with Gasteiger partial charge in [-0.2, -0.15) is 0 Å². The number of benzene rings is 1. The van der Waals surface area contributed by atoms with Gasteiger partial charge in [0, 0.05) is 30.5 Å². The summed E-state index contributed by atoms with van der Waals surface area (Å²) in [5.41, 5.74) is 0.947. The third-order valence-corrected chi connectivity index (χ3v) is 4.56. The van der Waals surface area contributed by atoms with E-state index in [9.17, 15) is 9.90 Å². The van der Waals surface area contributed by atoms with E-state index in [0.29, 0.717) is 0 Å². The molecule has 0 saturated carbocycles. The number of amides is 1. The van der Waals surface area contributed by atoms with E-state index in [1.54, 1.807) is 4.90 Å². The van der Waals surface area contributed by atoms with E-state index in [1.807, 2.05) is 31.2 Å². The van der Waals surface area contributed by atoms with E-state index in [-0.39, 0.29) is 18.2 Å². The maximum absolute atomic E-state index is 11.4. The van der Waals surface area contributed by atoms with Crippen LogP contribution in [0.1, 0.15) is 44.6 Å². The largest absolute Gasteiger partial charge is 0.490 e. The molecule has 0 aromatic heterocycles. The molecule has 2 aliphatic heterocycles. The molecular weight excluding hydrogens is 278 g/mol. The van der Waals surface area contributed by atoms with Crippen molar-refractivity contribution < 1.29 is 14.6 Å². The molecule has 2 fully saturated rings. The molecule has 2 atom stereocenters. The topological polar surface area (TPSA) is 49.8 Å². The Morgan fingerprint density at radius 2 is 2.05 bits per heavy atom. The molecule has 22 heavy (non-hydrogen) atoms. The summed E-state index contributed by atoms with van der Waals surface area (Å²) < 4.78 is 6.12. The first-order valence-electron chi connectivity index (χ1n) is 7.88. The van der Waals surface area contributed by atoms with Crippen LogP contribution in [0.5, 0.6) is 5.75 Å². The standard InChI is InChI=1S/C18H21NO3/c1-2-5-13-6-3-9-16(10-13)22-17-11-14-7-4-8-15(12-17)19(14)18(20)21/h3,6,9-10,14-15,17H,4,7-8,11-12H2,1H3,(H,20,21). The SMILES string of the molecule is CC#Cc1cccc(OC2CC3CCCC(C2)N3C(=O)O)c1. The van der Waals surface area contributed by atoms with Crippen LogP contribution >= 0.6 is 0 Å². The highest BCUT2D eigenvalue weighted by Crippen LogP contribution is 2.35. The number of hydrogen-bond donors (Lipinski definition) is 1. The first-order chi connectivity index (χ1) is 10.7. The Kier molecular flexibility index (Phi) is 4.24. The monoisotopic (exact) mass is 299 g/mol. The molecule has 3 rings (SSSR count). The van der Waals surface area contributed by atoms with Crippen LogP contribution in [0.3, 0.4) is 0 Å². The molecule has 0 radical (unpaired) electrons. The van der Waals surface area contributed by atoms with Crippen LogP contribution in [-0.2, 0) is 0 Å². The lowest BCUT2D eigenvalue weighted by Gasteiger charge is -2.47. The van der Waals surface area contributed by atoms with Crippen LogP contribution in [0.15, 0.2) is 24.3 Å². The summed E-state index contributed by atoms with van der Waals surface area (Å²) >= 11 is 0. The van der Waals surface area contributed by atoms with E-state index < -0.39 is 6.09 Å². The normalized spacial score (nSPS) is 26.8. The van der Waals surface area contributed by atoms with Crippen molar-refractivity contribution in [1.29, 1.82) is 0 Å². The second kappa shape index (κ2) is 6.31. The number of piperidine rings is 2. The average molecular weight is 299 g/mol. The maximum Gasteiger partial charge on any atom is 0.407 e. The lowest BCUT2D eigenvalue weighted by atomic mass is 9.83. The van der Waals surface area contributed by atoms with Crippen LogP contribution in [0, 0.1) is 11.8 Å². The van der Waals surface area contributed by atoms with Crippen molar-refractivity contribution in [1.82, 2.24) is 4.90 Å². The maximum atomic E-state index is 11.4. The van der Waals surface area contributed by atoms with E-state index >= 15 is 0 Å².